The van der Waals surface area contributed by atoms with Crippen LogP contribution in [-0.4, -0.2) is 7.66 Å². The summed E-state index contributed by atoms with van der Waals surface area (Å²) in [5, 5.41) is 0.921. The fraction of sp³-hybridized carbons (Fsp3) is 0.333. The zero-order valence-corrected chi connectivity index (χ0v) is 11.8. The highest BCUT2D eigenvalue weighted by Gasteiger charge is 2.21. The van der Waals surface area contributed by atoms with E-state index < -0.39 is 0 Å². The molecule has 1 aliphatic carbocycles. The molecule has 0 heterocycles. The Morgan fingerprint density at radius 1 is 1.67 bits per heavy atom. The molecular formula is C9H9Br2I. The minimum atomic E-state index is 0.117. The highest BCUT2D eigenvalue weighted by Crippen LogP contribution is 2.38. The van der Waals surface area contributed by atoms with E-state index in [4.69, 9.17) is 0 Å². The summed E-state index contributed by atoms with van der Waals surface area (Å²) in [5.41, 5.74) is 1.36. The molecule has 0 aliphatic heterocycles. The zero-order valence-electron chi connectivity index (χ0n) is 6.43. The average Bonchev–Trinajstić information content (AvgIpc) is 1.99. The Bertz CT molecular complexity index is 239. The molecule has 0 bridgehead atoms. The molecule has 0 aromatic heterocycles. The second kappa shape index (κ2) is 4.96. The normalized spacial score (nSPS) is 29.4. The number of allylic oxidation sites excluding steroid dienone is 6. The van der Waals surface area contributed by atoms with Gasteiger partial charge in [-0.3, -0.25) is 0 Å². The Balaban J connectivity index is 2.63. The Morgan fingerprint density at radius 3 is 3.00 bits per heavy atom. The van der Waals surface area contributed by atoms with Crippen LogP contribution < -0.4 is 0 Å². The van der Waals surface area contributed by atoms with Crippen LogP contribution in [0, 0.1) is 0 Å². The zero-order chi connectivity index (χ0) is 9.03. The Morgan fingerprint density at radius 2 is 2.42 bits per heavy atom. The lowest BCUT2D eigenvalue weighted by Crippen LogP contribution is -2.09. The first kappa shape index (κ1) is 11.0. The third-order valence-electron chi connectivity index (χ3n) is 1.51. The van der Waals surface area contributed by atoms with Gasteiger partial charge in [0.15, 0.2) is 0 Å². The molecule has 0 aromatic carbocycles. The molecule has 1 atom stereocenters. The van der Waals surface area contributed by atoms with Gasteiger partial charge in [0.2, 0.25) is 0 Å². The standard InChI is InChI=1S/C9H9Br2I/c10-6-2-4-8-3-1-5-9(11,12)7-8/h1-5H,6-7H2. The summed E-state index contributed by atoms with van der Waals surface area (Å²) in [6, 6.07) is 0. The number of rotatable bonds is 2. The molecular weight excluding hydrogens is 395 g/mol. The minimum Gasteiger partial charge on any atom is -0.0883 e. The van der Waals surface area contributed by atoms with Gasteiger partial charge in [0.05, 0.1) is 2.33 Å². The third-order valence-corrected chi connectivity index (χ3v) is 3.17. The van der Waals surface area contributed by atoms with Crippen LogP contribution in [0.25, 0.3) is 0 Å². The van der Waals surface area contributed by atoms with Gasteiger partial charge in [-0.05, 0) is 5.57 Å². The Hall–Kier alpha value is 0.910. The van der Waals surface area contributed by atoms with Crippen molar-refractivity contribution < 1.29 is 0 Å². The predicted molar refractivity (Wildman–Crippen MR) is 70.5 cm³/mol. The molecule has 0 aromatic rings. The van der Waals surface area contributed by atoms with Crippen molar-refractivity contribution in [1.82, 2.24) is 0 Å². The van der Waals surface area contributed by atoms with Crippen LogP contribution >= 0.6 is 54.5 Å². The van der Waals surface area contributed by atoms with Crippen molar-refractivity contribution in [2.24, 2.45) is 0 Å². The number of hydrogen-bond acceptors (Lipinski definition) is 0. The molecule has 1 aliphatic rings. The molecule has 0 nitrogen and oxygen atoms in total. The Labute approximate surface area is 104 Å². The van der Waals surface area contributed by atoms with Crippen LogP contribution in [0.15, 0.2) is 36.0 Å². The number of alkyl halides is 3. The molecule has 1 rings (SSSR count). The summed E-state index contributed by atoms with van der Waals surface area (Å²) in [4.78, 5) is 0. The molecule has 0 saturated heterocycles. The molecule has 0 amide bonds. The number of hydrogen-bond donors (Lipinski definition) is 0. The fourth-order valence-corrected chi connectivity index (χ4v) is 2.32. The topological polar surface area (TPSA) is 0 Å². The van der Waals surface area contributed by atoms with E-state index in [-0.39, 0.29) is 2.33 Å². The molecule has 12 heavy (non-hydrogen) atoms. The summed E-state index contributed by atoms with van der Waals surface area (Å²) in [6.07, 6.45) is 11.7. The molecule has 3 heteroatoms. The van der Waals surface area contributed by atoms with Crippen LogP contribution in [0.5, 0.6) is 0 Å². The van der Waals surface area contributed by atoms with Crippen molar-refractivity contribution in [3.63, 3.8) is 0 Å². The maximum Gasteiger partial charge on any atom is 0.0991 e. The molecule has 66 valence electrons. The highest BCUT2D eigenvalue weighted by molar-refractivity contribution is 14.1. The van der Waals surface area contributed by atoms with E-state index in [0.29, 0.717) is 0 Å². The van der Waals surface area contributed by atoms with Gasteiger partial charge in [-0.1, -0.05) is 84.8 Å². The van der Waals surface area contributed by atoms with E-state index in [9.17, 15) is 0 Å². The first-order valence-electron chi connectivity index (χ1n) is 3.63. The second-order valence-electron chi connectivity index (χ2n) is 2.60. The van der Waals surface area contributed by atoms with E-state index in [1.165, 1.54) is 5.57 Å². The van der Waals surface area contributed by atoms with Crippen molar-refractivity contribution in [2.45, 2.75) is 8.75 Å². The minimum absolute atomic E-state index is 0.117. The molecule has 1 unspecified atom stereocenters. The van der Waals surface area contributed by atoms with Crippen molar-refractivity contribution in [3.8, 4) is 0 Å². The summed E-state index contributed by atoms with van der Waals surface area (Å²) >= 11 is 9.40. The van der Waals surface area contributed by atoms with E-state index >= 15 is 0 Å². The SMILES string of the molecule is BrCC=CC1=CC=CC(Br)(I)C1. The van der Waals surface area contributed by atoms with Crippen LogP contribution in [0.1, 0.15) is 6.42 Å². The summed E-state index contributed by atoms with van der Waals surface area (Å²) < 4.78 is 0.117. The van der Waals surface area contributed by atoms with Gasteiger partial charge in [0.25, 0.3) is 0 Å². The second-order valence-corrected chi connectivity index (χ2v) is 8.07. The van der Waals surface area contributed by atoms with Crippen molar-refractivity contribution in [3.05, 3.63) is 36.0 Å². The van der Waals surface area contributed by atoms with Crippen LogP contribution in [0.3, 0.4) is 0 Å². The van der Waals surface area contributed by atoms with E-state index in [1.807, 2.05) is 0 Å². The largest absolute Gasteiger partial charge is 0.0991 e. The molecule has 0 saturated carbocycles. The number of halogens is 3. The maximum atomic E-state index is 3.64. The van der Waals surface area contributed by atoms with E-state index in [1.54, 1.807) is 0 Å². The average molecular weight is 404 g/mol. The van der Waals surface area contributed by atoms with Gasteiger partial charge in [-0.2, -0.15) is 0 Å². The predicted octanol–water partition coefficient (Wildman–Crippen LogP) is 4.35. The van der Waals surface area contributed by atoms with Gasteiger partial charge in [0, 0.05) is 11.8 Å². The molecule has 0 N–H and O–H groups in total. The van der Waals surface area contributed by atoms with Gasteiger partial charge < -0.3 is 0 Å². The first-order chi connectivity index (χ1) is 5.64. The highest BCUT2D eigenvalue weighted by atomic mass is 127. The van der Waals surface area contributed by atoms with Crippen molar-refractivity contribution in [1.29, 1.82) is 0 Å². The lowest BCUT2D eigenvalue weighted by molar-refractivity contribution is 0.999. The molecule has 0 spiro atoms. The first-order valence-corrected chi connectivity index (χ1v) is 6.62. The lowest BCUT2D eigenvalue weighted by Gasteiger charge is -2.19. The lowest BCUT2D eigenvalue weighted by atomic mass is 10.1. The fourth-order valence-electron chi connectivity index (χ4n) is 1.01. The maximum absolute atomic E-state index is 3.64. The van der Waals surface area contributed by atoms with E-state index in [2.05, 4.69) is 84.8 Å². The molecule has 0 radical (unpaired) electrons. The van der Waals surface area contributed by atoms with Crippen molar-refractivity contribution >= 4 is 54.5 Å². The summed E-state index contributed by atoms with van der Waals surface area (Å²) in [5.74, 6) is 0. The summed E-state index contributed by atoms with van der Waals surface area (Å²) in [6.45, 7) is 0. The Kier molecular flexibility index (Phi) is 4.54. The summed E-state index contributed by atoms with van der Waals surface area (Å²) in [7, 11) is 0. The van der Waals surface area contributed by atoms with Crippen LogP contribution in [0.2, 0.25) is 0 Å². The van der Waals surface area contributed by atoms with Gasteiger partial charge in [0.1, 0.15) is 0 Å². The quantitative estimate of drug-likeness (QED) is 0.475. The molecule has 0 fully saturated rings. The monoisotopic (exact) mass is 402 g/mol. The van der Waals surface area contributed by atoms with Gasteiger partial charge in [-0.15, -0.1) is 0 Å². The van der Waals surface area contributed by atoms with Gasteiger partial charge >= 0.3 is 0 Å². The van der Waals surface area contributed by atoms with Crippen LogP contribution in [0.4, 0.5) is 0 Å². The smallest absolute Gasteiger partial charge is 0.0883 e. The van der Waals surface area contributed by atoms with E-state index in [0.717, 1.165) is 11.8 Å². The van der Waals surface area contributed by atoms with Crippen LogP contribution in [-0.2, 0) is 0 Å². The van der Waals surface area contributed by atoms with Crippen molar-refractivity contribution in [2.75, 3.05) is 5.33 Å². The van der Waals surface area contributed by atoms with Gasteiger partial charge in [-0.25, -0.2) is 0 Å². The third kappa shape index (κ3) is 3.75.